The molecule has 1 aliphatic carbocycles. The molecule has 0 saturated carbocycles. The number of hydrogen-bond donors (Lipinski definition) is 0. The lowest BCUT2D eigenvalue weighted by Crippen LogP contribution is -2.15. The number of ketones is 2. The molecule has 0 fully saturated rings. The van der Waals surface area contributed by atoms with E-state index in [0.29, 0.717) is 37.2 Å². The number of allylic oxidation sites excluding steroid dienone is 2. The van der Waals surface area contributed by atoms with Gasteiger partial charge in [-0.3, -0.25) is 9.59 Å². The van der Waals surface area contributed by atoms with Crippen molar-refractivity contribution < 1.29 is 19.1 Å². The van der Waals surface area contributed by atoms with Gasteiger partial charge in [0.25, 0.3) is 0 Å². The van der Waals surface area contributed by atoms with Crippen LogP contribution in [0.3, 0.4) is 0 Å². The summed E-state index contributed by atoms with van der Waals surface area (Å²) in [6.45, 7) is 0.901. The topological polar surface area (TPSA) is 52.6 Å². The number of hydrogen-bond acceptors (Lipinski definition) is 4. The summed E-state index contributed by atoms with van der Waals surface area (Å²) >= 11 is 0. The van der Waals surface area contributed by atoms with Crippen LogP contribution in [0.5, 0.6) is 0 Å². The first-order valence-electron chi connectivity index (χ1n) is 5.16. The van der Waals surface area contributed by atoms with Crippen molar-refractivity contribution >= 4 is 11.6 Å². The third kappa shape index (κ3) is 3.40. The molecule has 0 N–H and O–H groups in total. The monoisotopic (exact) mass is 224 g/mol. The van der Waals surface area contributed by atoms with E-state index in [9.17, 15) is 9.59 Å². The summed E-state index contributed by atoms with van der Waals surface area (Å²) in [5.74, 6) is -0.189. The van der Waals surface area contributed by atoms with Gasteiger partial charge in [0.05, 0.1) is 13.2 Å². The summed E-state index contributed by atoms with van der Waals surface area (Å²) < 4.78 is 9.75. The Morgan fingerprint density at radius 1 is 0.875 bits per heavy atom. The minimum absolute atomic E-state index is 0.0947. The molecule has 0 radical (unpaired) electrons. The van der Waals surface area contributed by atoms with Gasteiger partial charge in [-0.1, -0.05) is 0 Å². The second kappa shape index (κ2) is 6.35. The van der Waals surface area contributed by atoms with Crippen molar-refractivity contribution in [3.63, 3.8) is 0 Å². The Morgan fingerprint density at radius 2 is 1.25 bits per heavy atom. The first-order chi connectivity index (χ1) is 7.69. The Balaban J connectivity index is 2.64. The second-order valence-corrected chi connectivity index (χ2v) is 3.55. The molecular weight excluding hydrogens is 208 g/mol. The van der Waals surface area contributed by atoms with Gasteiger partial charge in [-0.2, -0.15) is 0 Å². The van der Waals surface area contributed by atoms with Gasteiger partial charge < -0.3 is 9.47 Å². The van der Waals surface area contributed by atoms with E-state index in [1.54, 1.807) is 14.2 Å². The Bertz CT molecular complexity index is 305. The van der Waals surface area contributed by atoms with E-state index >= 15 is 0 Å². The van der Waals surface area contributed by atoms with Gasteiger partial charge in [0.1, 0.15) is 0 Å². The molecule has 0 saturated heterocycles. The van der Waals surface area contributed by atoms with Gasteiger partial charge >= 0.3 is 0 Å². The predicted octanol–water partition coefficient (Wildman–Crippen LogP) is 1.06. The van der Waals surface area contributed by atoms with Crippen LogP contribution < -0.4 is 0 Å². The highest BCUT2D eigenvalue weighted by atomic mass is 16.5. The quantitative estimate of drug-likeness (QED) is 0.633. The van der Waals surface area contributed by atoms with Gasteiger partial charge in [-0.15, -0.1) is 0 Å². The number of carbonyl (C=O) groups excluding carboxylic acids is 2. The van der Waals surface area contributed by atoms with Crippen LogP contribution in [0, 0.1) is 0 Å². The van der Waals surface area contributed by atoms with Crippen LogP contribution in [0.2, 0.25) is 0 Å². The summed E-state index contributed by atoms with van der Waals surface area (Å²) in [5, 5.41) is 0. The van der Waals surface area contributed by atoms with Crippen molar-refractivity contribution in [1.82, 2.24) is 0 Å². The zero-order valence-electron chi connectivity index (χ0n) is 9.62. The van der Waals surface area contributed by atoms with Gasteiger partial charge in [0, 0.05) is 25.4 Å². The molecule has 0 aromatic heterocycles. The SMILES string of the molecule is COCCC1=CC(=O)C(CCOC)=CC1=O. The Morgan fingerprint density at radius 3 is 1.56 bits per heavy atom. The highest BCUT2D eigenvalue weighted by Crippen LogP contribution is 2.16. The Hall–Kier alpha value is -1.26. The van der Waals surface area contributed by atoms with Crippen molar-refractivity contribution in [1.29, 1.82) is 0 Å². The average Bonchev–Trinajstić information content (AvgIpc) is 2.28. The zero-order valence-corrected chi connectivity index (χ0v) is 9.62. The number of methoxy groups -OCH3 is 2. The molecule has 0 unspecified atom stereocenters. The predicted molar refractivity (Wildman–Crippen MR) is 59.2 cm³/mol. The minimum Gasteiger partial charge on any atom is -0.384 e. The summed E-state index contributed by atoms with van der Waals surface area (Å²) in [5.41, 5.74) is 1.04. The minimum atomic E-state index is -0.0947. The fourth-order valence-electron chi connectivity index (χ4n) is 1.46. The van der Waals surface area contributed by atoms with Crippen molar-refractivity contribution in [2.45, 2.75) is 12.8 Å². The first-order valence-corrected chi connectivity index (χ1v) is 5.16. The maximum absolute atomic E-state index is 11.6. The van der Waals surface area contributed by atoms with Gasteiger partial charge in [-0.05, 0) is 25.0 Å². The normalized spacial score (nSPS) is 16.1. The third-order valence-corrected chi connectivity index (χ3v) is 2.39. The molecule has 88 valence electrons. The van der Waals surface area contributed by atoms with Gasteiger partial charge in [0.15, 0.2) is 11.6 Å². The molecule has 0 atom stereocenters. The molecule has 4 heteroatoms. The van der Waals surface area contributed by atoms with Crippen LogP contribution in [-0.4, -0.2) is 39.0 Å². The van der Waals surface area contributed by atoms with Gasteiger partial charge in [0.2, 0.25) is 0 Å². The number of carbonyl (C=O) groups is 2. The van der Waals surface area contributed by atoms with E-state index in [4.69, 9.17) is 9.47 Å². The van der Waals surface area contributed by atoms with E-state index in [1.165, 1.54) is 12.2 Å². The van der Waals surface area contributed by atoms with Crippen LogP contribution in [0.15, 0.2) is 23.3 Å². The fourth-order valence-corrected chi connectivity index (χ4v) is 1.46. The van der Waals surface area contributed by atoms with E-state index in [0.717, 1.165) is 0 Å². The van der Waals surface area contributed by atoms with E-state index in [2.05, 4.69) is 0 Å². The molecule has 1 aliphatic rings. The Kier molecular flexibility index (Phi) is 5.08. The lowest BCUT2D eigenvalue weighted by Gasteiger charge is -2.11. The first kappa shape index (κ1) is 12.8. The van der Waals surface area contributed by atoms with E-state index in [1.807, 2.05) is 0 Å². The number of ether oxygens (including phenoxy) is 2. The summed E-state index contributed by atoms with van der Waals surface area (Å²) in [6, 6.07) is 0. The second-order valence-electron chi connectivity index (χ2n) is 3.55. The maximum Gasteiger partial charge on any atom is 0.182 e. The van der Waals surface area contributed by atoms with Crippen LogP contribution in [0.25, 0.3) is 0 Å². The lowest BCUT2D eigenvalue weighted by molar-refractivity contribution is -0.115. The van der Waals surface area contributed by atoms with Crippen molar-refractivity contribution in [3.8, 4) is 0 Å². The van der Waals surface area contributed by atoms with Crippen molar-refractivity contribution in [2.24, 2.45) is 0 Å². The van der Waals surface area contributed by atoms with Crippen LogP contribution in [0.4, 0.5) is 0 Å². The molecular formula is C12H16O4. The molecule has 0 aromatic carbocycles. The molecule has 0 bridgehead atoms. The third-order valence-electron chi connectivity index (χ3n) is 2.39. The molecule has 0 aliphatic heterocycles. The smallest absolute Gasteiger partial charge is 0.182 e. The molecule has 0 heterocycles. The molecule has 0 amide bonds. The molecule has 16 heavy (non-hydrogen) atoms. The average molecular weight is 224 g/mol. The maximum atomic E-state index is 11.6. The largest absolute Gasteiger partial charge is 0.384 e. The van der Waals surface area contributed by atoms with Crippen LogP contribution in [-0.2, 0) is 19.1 Å². The van der Waals surface area contributed by atoms with Crippen LogP contribution in [0.1, 0.15) is 12.8 Å². The highest BCUT2D eigenvalue weighted by molar-refractivity contribution is 6.19. The summed E-state index contributed by atoms with van der Waals surface area (Å²) in [6.07, 6.45) is 3.78. The van der Waals surface area contributed by atoms with Crippen molar-refractivity contribution in [3.05, 3.63) is 23.3 Å². The molecule has 1 rings (SSSR count). The molecule has 4 nitrogen and oxygen atoms in total. The van der Waals surface area contributed by atoms with Crippen LogP contribution >= 0.6 is 0 Å². The summed E-state index contributed by atoms with van der Waals surface area (Å²) in [7, 11) is 3.13. The number of rotatable bonds is 6. The summed E-state index contributed by atoms with van der Waals surface area (Å²) in [4.78, 5) is 23.3. The zero-order chi connectivity index (χ0) is 12.0. The lowest BCUT2D eigenvalue weighted by atomic mass is 9.94. The van der Waals surface area contributed by atoms with Gasteiger partial charge in [-0.25, -0.2) is 0 Å². The fraction of sp³-hybridized carbons (Fsp3) is 0.500. The Labute approximate surface area is 94.9 Å². The molecule has 0 aromatic rings. The van der Waals surface area contributed by atoms with Crippen molar-refractivity contribution in [2.75, 3.05) is 27.4 Å². The van der Waals surface area contributed by atoms with E-state index in [-0.39, 0.29) is 11.6 Å². The van der Waals surface area contributed by atoms with E-state index < -0.39 is 0 Å². The highest BCUT2D eigenvalue weighted by Gasteiger charge is 2.19. The molecule has 0 spiro atoms. The standard InChI is InChI=1S/C12H16O4/c1-15-5-3-9-7-12(14)10(4-6-16-2)8-11(9)13/h7-8H,3-6H2,1-2H3.